The summed E-state index contributed by atoms with van der Waals surface area (Å²) >= 11 is 0. The molecule has 3 rings (SSSR count). The van der Waals surface area contributed by atoms with Gasteiger partial charge < -0.3 is 14.6 Å². The Bertz CT molecular complexity index is 505. The second-order valence-corrected chi connectivity index (χ2v) is 4.54. The molecular formula is C13H14N2O3. The molecule has 0 bridgehead atoms. The van der Waals surface area contributed by atoms with E-state index in [1.54, 1.807) is 18.2 Å². The van der Waals surface area contributed by atoms with Crippen LogP contribution in [0.1, 0.15) is 5.56 Å². The number of hydrogen-bond acceptors (Lipinski definition) is 5. The van der Waals surface area contributed by atoms with E-state index >= 15 is 0 Å². The Balaban J connectivity index is 2.02. The lowest BCUT2D eigenvalue weighted by Gasteiger charge is -2.37. The van der Waals surface area contributed by atoms with Crippen molar-refractivity contribution in [3.8, 4) is 17.6 Å². The van der Waals surface area contributed by atoms with Gasteiger partial charge in [0.15, 0.2) is 5.54 Å². The highest BCUT2D eigenvalue weighted by Crippen LogP contribution is 2.42. The summed E-state index contributed by atoms with van der Waals surface area (Å²) in [5.74, 6) is 0.757. The average Bonchev–Trinajstić information content (AvgIpc) is 2.79. The topological polar surface area (TPSA) is 65.7 Å². The van der Waals surface area contributed by atoms with Crippen molar-refractivity contribution in [3.63, 3.8) is 0 Å². The molecule has 2 aliphatic heterocycles. The summed E-state index contributed by atoms with van der Waals surface area (Å²) in [5, 5.41) is 19.1. The predicted octanol–water partition coefficient (Wildman–Crippen LogP) is 0.836. The van der Waals surface area contributed by atoms with Gasteiger partial charge in [-0.15, -0.1) is 0 Å². The van der Waals surface area contributed by atoms with E-state index in [9.17, 15) is 10.4 Å². The second-order valence-electron chi connectivity index (χ2n) is 4.54. The molecule has 0 aromatic heterocycles. The maximum Gasteiger partial charge on any atom is 0.172 e. The number of rotatable bonds is 1. The van der Waals surface area contributed by atoms with Crippen LogP contribution in [0.4, 0.5) is 0 Å². The van der Waals surface area contributed by atoms with Gasteiger partial charge in [-0.25, -0.2) is 0 Å². The summed E-state index contributed by atoms with van der Waals surface area (Å²) in [6, 6.07) is 7.32. The molecule has 0 amide bonds. The van der Waals surface area contributed by atoms with Crippen LogP contribution in [0.15, 0.2) is 18.2 Å². The second kappa shape index (κ2) is 4.16. The van der Waals surface area contributed by atoms with Crippen LogP contribution in [0.25, 0.3) is 0 Å². The molecule has 0 saturated carbocycles. The molecule has 1 saturated heterocycles. The fraction of sp³-hybridized carbons (Fsp3) is 0.462. The monoisotopic (exact) mass is 246 g/mol. The molecule has 0 aliphatic carbocycles. The highest BCUT2D eigenvalue weighted by atomic mass is 16.5. The molecule has 94 valence electrons. The molecule has 5 nitrogen and oxygen atoms in total. The Morgan fingerprint density at radius 3 is 2.83 bits per heavy atom. The van der Waals surface area contributed by atoms with Crippen molar-refractivity contribution in [2.45, 2.75) is 5.54 Å². The summed E-state index contributed by atoms with van der Waals surface area (Å²) < 4.78 is 10.9. The van der Waals surface area contributed by atoms with Crippen molar-refractivity contribution >= 4 is 0 Å². The number of fused-ring (bicyclic) bond motifs is 1. The van der Waals surface area contributed by atoms with Crippen LogP contribution in [0.3, 0.4) is 0 Å². The molecular weight excluding hydrogens is 232 g/mol. The van der Waals surface area contributed by atoms with Crippen LogP contribution in [-0.2, 0) is 10.3 Å². The molecule has 1 aromatic carbocycles. The van der Waals surface area contributed by atoms with E-state index in [1.807, 2.05) is 0 Å². The molecule has 1 aromatic rings. The molecule has 18 heavy (non-hydrogen) atoms. The number of ether oxygens (including phenoxy) is 2. The van der Waals surface area contributed by atoms with Gasteiger partial charge in [-0.3, -0.25) is 4.90 Å². The number of nitriles is 1. The summed E-state index contributed by atoms with van der Waals surface area (Å²) in [6.07, 6.45) is 0. The predicted molar refractivity (Wildman–Crippen MR) is 63.3 cm³/mol. The van der Waals surface area contributed by atoms with Gasteiger partial charge in [-0.2, -0.15) is 5.26 Å². The van der Waals surface area contributed by atoms with E-state index in [2.05, 4.69) is 11.0 Å². The lowest BCUT2D eigenvalue weighted by atomic mass is 9.91. The van der Waals surface area contributed by atoms with Crippen LogP contribution in [-0.4, -0.2) is 42.9 Å². The highest BCUT2D eigenvalue weighted by molar-refractivity contribution is 5.50. The first-order chi connectivity index (χ1) is 8.76. The third-order valence-electron chi connectivity index (χ3n) is 3.58. The standard InChI is InChI=1S/C13H14N2O3/c14-8-13(15-3-5-17-6-4-15)9-18-12-7-10(16)1-2-11(12)13/h1-2,7,16H,3-6,9H2. The Morgan fingerprint density at radius 2 is 2.11 bits per heavy atom. The van der Waals surface area contributed by atoms with E-state index in [1.165, 1.54) is 0 Å². The zero-order valence-corrected chi connectivity index (χ0v) is 9.93. The van der Waals surface area contributed by atoms with Crippen LogP contribution < -0.4 is 4.74 Å². The Labute approximate surface area is 105 Å². The Hall–Kier alpha value is -1.77. The minimum absolute atomic E-state index is 0.157. The maximum absolute atomic E-state index is 9.61. The van der Waals surface area contributed by atoms with E-state index in [0.29, 0.717) is 25.6 Å². The molecule has 0 radical (unpaired) electrons. The van der Waals surface area contributed by atoms with Gasteiger partial charge in [0.25, 0.3) is 0 Å². The first kappa shape index (κ1) is 11.3. The van der Waals surface area contributed by atoms with Gasteiger partial charge in [0.2, 0.25) is 0 Å². The van der Waals surface area contributed by atoms with Crippen LogP contribution >= 0.6 is 0 Å². The van der Waals surface area contributed by atoms with Gasteiger partial charge in [0.05, 0.1) is 19.3 Å². The lowest BCUT2D eigenvalue weighted by Crippen LogP contribution is -2.51. The largest absolute Gasteiger partial charge is 0.508 e. The highest BCUT2D eigenvalue weighted by Gasteiger charge is 2.46. The van der Waals surface area contributed by atoms with Crippen molar-refractivity contribution in [3.05, 3.63) is 23.8 Å². The number of phenols is 1. The fourth-order valence-electron chi connectivity index (χ4n) is 2.60. The quantitative estimate of drug-likeness (QED) is 0.795. The summed E-state index contributed by atoms with van der Waals surface area (Å²) in [4.78, 5) is 2.10. The molecule has 1 atom stereocenters. The summed E-state index contributed by atoms with van der Waals surface area (Å²) in [5.41, 5.74) is 0.0944. The molecule has 1 unspecified atom stereocenters. The fourth-order valence-corrected chi connectivity index (χ4v) is 2.60. The number of nitrogens with zero attached hydrogens (tertiary/aromatic N) is 2. The molecule has 2 heterocycles. The Morgan fingerprint density at radius 1 is 1.33 bits per heavy atom. The van der Waals surface area contributed by atoms with Crippen molar-refractivity contribution in [1.82, 2.24) is 4.90 Å². The Kier molecular flexibility index (Phi) is 2.62. The summed E-state index contributed by atoms with van der Waals surface area (Å²) in [7, 11) is 0. The van der Waals surface area contributed by atoms with Crippen LogP contribution in [0.5, 0.6) is 11.5 Å². The molecule has 2 aliphatic rings. The van der Waals surface area contributed by atoms with Crippen LogP contribution in [0.2, 0.25) is 0 Å². The number of benzene rings is 1. The van der Waals surface area contributed by atoms with E-state index in [0.717, 1.165) is 18.7 Å². The van der Waals surface area contributed by atoms with Crippen molar-refractivity contribution in [1.29, 1.82) is 5.26 Å². The number of aromatic hydroxyl groups is 1. The normalized spacial score (nSPS) is 27.3. The third-order valence-corrected chi connectivity index (χ3v) is 3.58. The SMILES string of the molecule is N#CC1(N2CCOCC2)COc2cc(O)ccc21. The van der Waals surface area contributed by atoms with E-state index < -0.39 is 5.54 Å². The van der Waals surface area contributed by atoms with E-state index in [-0.39, 0.29) is 5.75 Å². The first-order valence-electron chi connectivity index (χ1n) is 5.97. The van der Waals surface area contributed by atoms with Gasteiger partial charge >= 0.3 is 0 Å². The zero-order chi connectivity index (χ0) is 12.6. The number of hydrogen-bond donors (Lipinski definition) is 1. The molecule has 0 spiro atoms. The van der Waals surface area contributed by atoms with E-state index in [4.69, 9.17) is 9.47 Å². The lowest BCUT2D eigenvalue weighted by molar-refractivity contribution is -0.0105. The van der Waals surface area contributed by atoms with Gasteiger partial charge in [0.1, 0.15) is 18.1 Å². The maximum atomic E-state index is 9.61. The summed E-state index contributed by atoms with van der Waals surface area (Å²) in [6.45, 7) is 3.02. The number of phenolic OH excluding ortho intramolecular Hbond substituents is 1. The molecule has 5 heteroatoms. The number of morpholine rings is 1. The smallest absolute Gasteiger partial charge is 0.172 e. The zero-order valence-electron chi connectivity index (χ0n) is 9.93. The van der Waals surface area contributed by atoms with Crippen LogP contribution in [0, 0.1) is 11.3 Å². The average molecular weight is 246 g/mol. The van der Waals surface area contributed by atoms with Gasteiger partial charge in [-0.05, 0) is 12.1 Å². The van der Waals surface area contributed by atoms with Crippen molar-refractivity contribution < 1.29 is 14.6 Å². The van der Waals surface area contributed by atoms with Gasteiger partial charge in [-0.1, -0.05) is 0 Å². The minimum Gasteiger partial charge on any atom is -0.508 e. The minimum atomic E-state index is -0.743. The van der Waals surface area contributed by atoms with Gasteiger partial charge in [0, 0.05) is 24.7 Å². The van der Waals surface area contributed by atoms with Crippen molar-refractivity contribution in [2.75, 3.05) is 32.9 Å². The van der Waals surface area contributed by atoms with Crippen molar-refractivity contribution in [2.24, 2.45) is 0 Å². The third kappa shape index (κ3) is 1.54. The first-order valence-corrected chi connectivity index (χ1v) is 5.97. The molecule has 1 fully saturated rings. The molecule has 1 N–H and O–H groups in total.